The molecule has 0 bridgehead atoms. The Kier molecular flexibility index (Phi) is 4.36. The minimum absolute atomic E-state index is 0.00488. The van der Waals surface area contributed by atoms with Gasteiger partial charge in [-0.1, -0.05) is 18.2 Å². The highest BCUT2D eigenvalue weighted by molar-refractivity contribution is 5.94. The molecule has 0 unspecified atom stereocenters. The Labute approximate surface area is 118 Å². The number of hydrogen-bond donors (Lipinski definition) is 0. The Balaban J connectivity index is 2.01. The van der Waals surface area contributed by atoms with Gasteiger partial charge in [0.15, 0.2) is 0 Å². The second-order valence-electron chi connectivity index (χ2n) is 4.87. The maximum atomic E-state index is 12.3. The van der Waals surface area contributed by atoms with E-state index in [1.165, 1.54) is 0 Å². The van der Waals surface area contributed by atoms with E-state index in [-0.39, 0.29) is 24.4 Å². The summed E-state index contributed by atoms with van der Waals surface area (Å²) in [6.07, 6.45) is 0. The van der Waals surface area contributed by atoms with E-state index in [0.717, 1.165) is 0 Å². The third-order valence-corrected chi connectivity index (χ3v) is 3.47. The van der Waals surface area contributed by atoms with Gasteiger partial charge in [0.2, 0.25) is 0 Å². The molecular weight excluding hydrogens is 254 g/mol. The van der Waals surface area contributed by atoms with Gasteiger partial charge < -0.3 is 14.6 Å². The van der Waals surface area contributed by atoms with Gasteiger partial charge in [-0.2, -0.15) is 0 Å². The Bertz CT molecular complexity index is 536. The monoisotopic (exact) mass is 271 g/mol. The van der Waals surface area contributed by atoms with Gasteiger partial charge in [0.1, 0.15) is 0 Å². The molecule has 1 heterocycles. The van der Waals surface area contributed by atoms with Crippen molar-refractivity contribution in [3.8, 4) is 0 Å². The second kappa shape index (κ2) is 6.20. The molecule has 0 aromatic heterocycles. The van der Waals surface area contributed by atoms with Crippen LogP contribution in [-0.4, -0.2) is 53.8 Å². The molecule has 0 N–H and O–H groups in total. The van der Waals surface area contributed by atoms with Crippen LogP contribution < -0.4 is 0 Å². The van der Waals surface area contributed by atoms with E-state index in [1.807, 2.05) is 25.1 Å². The van der Waals surface area contributed by atoms with Crippen molar-refractivity contribution in [1.29, 1.82) is 0 Å². The van der Waals surface area contributed by atoms with Crippen molar-refractivity contribution < 1.29 is 9.59 Å². The summed E-state index contributed by atoms with van der Waals surface area (Å²) in [5.74, 6) is -0.158. The van der Waals surface area contributed by atoms with Crippen molar-refractivity contribution >= 4 is 11.8 Å². The summed E-state index contributed by atoms with van der Waals surface area (Å²) in [5.41, 5.74) is 0.667. The van der Waals surface area contributed by atoms with Gasteiger partial charge in [0.05, 0.1) is 0 Å². The number of carbonyl (C=O) groups excluding carboxylic acids is 2. The van der Waals surface area contributed by atoms with E-state index in [1.54, 1.807) is 21.9 Å². The molecule has 0 aliphatic carbocycles. The molecule has 5 heteroatoms. The number of piperazine rings is 1. The maximum Gasteiger partial charge on any atom is 0.303 e. The van der Waals surface area contributed by atoms with Gasteiger partial charge in [-0.3, -0.25) is 9.59 Å². The zero-order valence-corrected chi connectivity index (χ0v) is 11.5. The van der Waals surface area contributed by atoms with Crippen LogP contribution >= 0.6 is 0 Å². The van der Waals surface area contributed by atoms with Gasteiger partial charge in [-0.15, -0.1) is 0 Å². The number of carbonyl (C=O) groups is 2. The average Bonchev–Trinajstić information content (AvgIpc) is 2.47. The first kappa shape index (κ1) is 14.1. The molecule has 20 heavy (non-hydrogen) atoms. The smallest absolute Gasteiger partial charge is 0.303 e. The third-order valence-electron chi connectivity index (χ3n) is 3.47. The SMILES string of the molecule is [C-]#[N+]CC(=O)N1CCN(C(=O)c2ccccc2)C[C@H]1C. The first-order chi connectivity index (χ1) is 9.63. The number of benzene rings is 1. The highest BCUT2D eigenvalue weighted by Gasteiger charge is 2.30. The molecule has 0 spiro atoms. The fourth-order valence-corrected chi connectivity index (χ4v) is 2.43. The van der Waals surface area contributed by atoms with Crippen LogP contribution in [-0.2, 0) is 4.79 Å². The first-order valence-electron chi connectivity index (χ1n) is 6.60. The van der Waals surface area contributed by atoms with Crippen LogP contribution in [0.25, 0.3) is 4.85 Å². The minimum Gasteiger partial charge on any atom is -0.335 e. The van der Waals surface area contributed by atoms with Gasteiger partial charge in [-0.05, 0) is 19.1 Å². The topological polar surface area (TPSA) is 45.0 Å². The summed E-state index contributed by atoms with van der Waals surface area (Å²) in [6, 6.07) is 9.09. The highest BCUT2D eigenvalue weighted by atomic mass is 16.2. The van der Waals surface area contributed by atoms with Crippen molar-refractivity contribution in [3.63, 3.8) is 0 Å². The number of nitrogens with zero attached hydrogens (tertiary/aromatic N) is 3. The van der Waals surface area contributed by atoms with Crippen LogP contribution in [0.15, 0.2) is 30.3 Å². The van der Waals surface area contributed by atoms with E-state index in [9.17, 15) is 9.59 Å². The lowest BCUT2D eigenvalue weighted by Crippen LogP contribution is -2.55. The van der Waals surface area contributed by atoms with E-state index in [4.69, 9.17) is 6.57 Å². The zero-order chi connectivity index (χ0) is 14.5. The predicted octanol–water partition coefficient (Wildman–Crippen LogP) is 1.28. The molecule has 5 nitrogen and oxygen atoms in total. The van der Waals surface area contributed by atoms with Gasteiger partial charge in [0.25, 0.3) is 12.5 Å². The molecule has 1 fully saturated rings. The molecule has 1 saturated heterocycles. The average molecular weight is 271 g/mol. The Morgan fingerprint density at radius 3 is 2.60 bits per heavy atom. The van der Waals surface area contributed by atoms with Crippen LogP contribution in [0.4, 0.5) is 0 Å². The molecular formula is C15H17N3O2. The fraction of sp³-hybridized carbons (Fsp3) is 0.400. The van der Waals surface area contributed by atoms with Crippen LogP contribution in [0.3, 0.4) is 0 Å². The lowest BCUT2D eigenvalue weighted by molar-refractivity contribution is -0.133. The molecule has 104 valence electrons. The third kappa shape index (κ3) is 2.97. The summed E-state index contributed by atoms with van der Waals surface area (Å²) in [4.78, 5) is 30.7. The first-order valence-corrected chi connectivity index (χ1v) is 6.60. The standard InChI is InChI=1S/C15H17N3O2/c1-12-11-17(8-9-18(12)14(19)10-16-2)15(20)13-6-4-3-5-7-13/h3-7,12H,8-11H2,1H3/t12-/m1/s1. The summed E-state index contributed by atoms with van der Waals surface area (Å²) < 4.78 is 0. The normalized spacial score (nSPS) is 18.5. The van der Waals surface area contributed by atoms with Crippen LogP contribution in [0.2, 0.25) is 0 Å². The predicted molar refractivity (Wildman–Crippen MR) is 75.0 cm³/mol. The van der Waals surface area contributed by atoms with E-state index >= 15 is 0 Å². The van der Waals surface area contributed by atoms with Crippen molar-refractivity contribution in [2.75, 3.05) is 26.2 Å². The zero-order valence-electron chi connectivity index (χ0n) is 11.5. The van der Waals surface area contributed by atoms with E-state index in [0.29, 0.717) is 25.2 Å². The Morgan fingerprint density at radius 1 is 1.30 bits per heavy atom. The van der Waals surface area contributed by atoms with Gasteiger partial charge in [-0.25, -0.2) is 6.57 Å². The maximum absolute atomic E-state index is 12.3. The van der Waals surface area contributed by atoms with Crippen LogP contribution in [0.5, 0.6) is 0 Å². The second-order valence-corrected chi connectivity index (χ2v) is 4.87. The molecule has 1 atom stereocenters. The van der Waals surface area contributed by atoms with Crippen LogP contribution in [0.1, 0.15) is 17.3 Å². The Hall–Kier alpha value is -2.35. The lowest BCUT2D eigenvalue weighted by atomic mass is 10.1. The summed E-state index contributed by atoms with van der Waals surface area (Å²) in [7, 11) is 0. The fourth-order valence-electron chi connectivity index (χ4n) is 2.43. The lowest BCUT2D eigenvalue weighted by Gasteiger charge is -2.39. The molecule has 0 saturated carbocycles. The van der Waals surface area contributed by atoms with Crippen LogP contribution in [0, 0.1) is 6.57 Å². The summed E-state index contributed by atoms with van der Waals surface area (Å²) >= 11 is 0. The summed E-state index contributed by atoms with van der Waals surface area (Å²) in [5, 5.41) is 0. The molecule has 1 aromatic rings. The minimum atomic E-state index is -0.153. The molecule has 1 aliphatic rings. The van der Waals surface area contributed by atoms with Gasteiger partial charge in [0, 0.05) is 31.2 Å². The van der Waals surface area contributed by atoms with Crippen molar-refractivity contribution in [1.82, 2.24) is 9.80 Å². The Morgan fingerprint density at radius 2 is 2.00 bits per heavy atom. The number of rotatable bonds is 2. The van der Waals surface area contributed by atoms with Gasteiger partial charge >= 0.3 is 5.91 Å². The highest BCUT2D eigenvalue weighted by Crippen LogP contribution is 2.13. The number of hydrogen-bond acceptors (Lipinski definition) is 2. The molecule has 0 radical (unpaired) electrons. The molecule has 2 rings (SSSR count). The molecule has 1 aromatic carbocycles. The number of amides is 2. The van der Waals surface area contributed by atoms with Crippen molar-refractivity contribution in [2.45, 2.75) is 13.0 Å². The van der Waals surface area contributed by atoms with Crippen molar-refractivity contribution in [2.24, 2.45) is 0 Å². The molecule has 1 aliphatic heterocycles. The largest absolute Gasteiger partial charge is 0.335 e. The van der Waals surface area contributed by atoms with E-state index in [2.05, 4.69) is 4.85 Å². The quantitative estimate of drug-likeness (QED) is 0.761. The van der Waals surface area contributed by atoms with Crippen molar-refractivity contribution in [3.05, 3.63) is 47.3 Å². The molecule has 2 amide bonds. The van der Waals surface area contributed by atoms with E-state index < -0.39 is 0 Å². The summed E-state index contributed by atoms with van der Waals surface area (Å²) in [6.45, 7) is 10.1.